The van der Waals surface area contributed by atoms with Gasteiger partial charge in [-0.05, 0) is 35.1 Å². The van der Waals surface area contributed by atoms with Gasteiger partial charge in [0.05, 0.1) is 0 Å². The molecular formula is C25H30N2O5. The largest absolute Gasteiger partial charge is 0.481 e. The fraction of sp³-hybridized carbons (Fsp3) is 0.400. The zero-order valence-electron chi connectivity index (χ0n) is 18.5. The van der Waals surface area contributed by atoms with E-state index < -0.39 is 12.1 Å². The van der Waals surface area contributed by atoms with Crippen LogP contribution in [-0.2, 0) is 14.3 Å². The van der Waals surface area contributed by atoms with E-state index in [9.17, 15) is 14.4 Å². The van der Waals surface area contributed by atoms with Crippen LogP contribution in [0.2, 0.25) is 0 Å². The minimum absolute atomic E-state index is 0.00750. The van der Waals surface area contributed by atoms with Crippen LogP contribution in [0, 0.1) is 5.92 Å². The second-order valence-corrected chi connectivity index (χ2v) is 8.20. The van der Waals surface area contributed by atoms with Crippen molar-refractivity contribution in [2.45, 2.75) is 32.1 Å². The third kappa shape index (κ3) is 5.66. The van der Waals surface area contributed by atoms with Gasteiger partial charge in [-0.25, -0.2) is 4.79 Å². The summed E-state index contributed by atoms with van der Waals surface area (Å²) in [5, 5.41) is 11.4. The van der Waals surface area contributed by atoms with Crippen molar-refractivity contribution in [1.82, 2.24) is 10.2 Å². The van der Waals surface area contributed by atoms with Gasteiger partial charge < -0.3 is 20.1 Å². The number of nitrogens with zero attached hydrogens (tertiary/aromatic N) is 1. The number of fused-ring (bicyclic) bond motifs is 3. The second kappa shape index (κ2) is 10.8. The molecule has 2 N–H and O–H groups in total. The van der Waals surface area contributed by atoms with Crippen LogP contribution in [0.1, 0.15) is 43.2 Å². The highest BCUT2D eigenvalue weighted by Gasteiger charge is 2.29. The number of carbonyl (C=O) groups excluding carboxylic acids is 2. The number of hydrogen-bond donors (Lipinski definition) is 2. The number of aliphatic carboxylic acids is 1. The molecule has 0 heterocycles. The van der Waals surface area contributed by atoms with E-state index in [1.165, 1.54) is 11.1 Å². The van der Waals surface area contributed by atoms with Crippen LogP contribution in [0.25, 0.3) is 11.1 Å². The maximum absolute atomic E-state index is 12.4. The van der Waals surface area contributed by atoms with Crippen molar-refractivity contribution in [2.75, 3.05) is 26.7 Å². The normalized spacial score (nSPS) is 13.1. The molecule has 2 aromatic rings. The summed E-state index contributed by atoms with van der Waals surface area (Å²) in [4.78, 5) is 36.7. The van der Waals surface area contributed by atoms with Gasteiger partial charge in [-0.3, -0.25) is 9.59 Å². The quantitative estimate of drug-likeness (QED) is 0.587. The molecule has 0 bridgehead atoms. The molecule has 1 aliphatic rings. The number of carbonyl (C=O) groups is 3. The molecule has 0 aliphatic heterocycles. The number of hydrogen-bond acceptors (Lipinski definition) is 4. The van der Waals surface area contributed by atoms with Gasteiger partial charge in [0.2, 0.25) is 5.91 Å². The summed E-state index contributed by atoms with van der Waals surface area (Å²) in [5.41, 5.74) is 4.67. The van der Waals surface area contributed by atoms with E-state index in [1.54, 1.807) is 18.9 Å². The summed E-state index contributed by atoms with van der Waals surface area (Å²) in [6.07, 6.45) is 0.436. The first-order chi connectivity index (χ1) is 15.4. The van der Waals surface area contributed by atoms with Crippen molar-refractivity contribution in [3.05, 3.63) is 59.7 Å². The topological polar surface area (TPSA) is 95.9 Å². The number of nitrogens with one attached hydrogen (secondary N) is 1. The summed E-state index contributed by atoms with van der Waals surface area (Å²) in [5.74, 6) is -1.21. The van der Waals surface area contributed by atoms with Gasteiger partial charge in [-0.15, -0.1) is 0 Å². The number of benzene rings is 2. The molecule has 170 valence electrons. The van der Waals surface area contributed by atoms with Gasteiger partial charge in [0, 0.05) is 38.4 Å². The second-order valence-electron chi connectivity index (χ2n) is 8.20. The number of amides is 2. The molecule has 2 aromatic carbocycles. The van der Waals surface area contributed by atoms with Gasteiger partial charge in [-0.2, -0.15) is 0 Å². The van der Waals surface area contributed by atoms with Crippen molar-refractivity contribution in [3.63, 3.8) is 0 Å². The van der Waals surface area contributed by atoms with Crippen LogP contribution < -0.4 is 5.32 Å². The Balaban J connectivity index is 1.43. The summed E-state index contributed by atoms with van der Waals surface area (Å²) in [6, 6.07) is 16.3. The maximum atomic E-state index is 12.4. The number of alkyl carbamates (subject to hydrolysis) is 1. The van der Waals surface area contributed by atoms with E-state index in [1.807, 2.05) is 24.3 Å². The van der Waals surface area contributed by atoms with Crippen LogP contribution in [0.3, 0.4) is 0 Å². The molecule has 7 nitrogen and oxygen atoms in total. The van der Waals surface area contributed by atoms with E-state index in [-0.39, 0.29) is 30.8 Å². The van der Waals surface area contributed by atoms with Crippen molar-refractivity contribution in [3.8, 4) is 11.1 Å². The van der Waals surface area contributed by atoms with Gasteiger partial charge in [0.25, 0.3) is 0 Å². The Morgan fingerprint density at radius 2 is 1.66 bits per heavy atom. The lowest BCUT2D eigenvalue weighted by Gasteiger charge is -2.21. The highest BCUT2D eigenvalue weighted by atomic mass is 16.5. The number of carboxylic acids is 1. The number of rotatable bonds is 10. The zero-order chi connectivity index (χ0) is 23.1. The molecular weight excluding hydrogens is 408 g/mol. The molecule has 1 atom stereocenters. The Bertz CT molecular complexity index is 929. The lowest BCUT2D eigenvalue weighted by molar-refractivity contribution is -0.138. The van der Waals surface area contributed by atoms with Crippen molar-refractivity contribution >= 4 is 18.0 Å². The molecule has 2 amide bonds. The number of ether oxygens (including phenoxy) is 1. The molecule has 3 rings (SSSR count). The smallest absolute Gasteiger partial charge is 0.407 e. The molecule has 0 saturated carbocycles. The molecule has 7 heteroatoms. The standard InChI is InChI=1S/C25H30N2O5/c1-17(24(30)27(2)15-7-12-23(28)29)13-14-26-25(31)32-16-22-20-10-5-3-8-18(20)19-9-4-6-11-21(19)22/h3-6,8-11,17,22H,7,12-16H2,1-2H3,(H,26,31)(H,28,29). The van der Waals surface area contributed by atoms with E-state index in [0.717, 1.165) is 11.1 Å². The van der Waals surface area contributed by atoms with Crippen LogP contribution in [-0.4, -0.2) is 54.7 Å². The molecule has 0 saturated heterocycles. The zero-order valence-corrected chi connectivity index (χ0v) is 18.5. The third-order valence-electron chi connectivity index (χ3n) is 5.87. The Morgan fingerprint density at radius 3 is 2.25 bits per heavy atom. The summed E-state index contributed by atoms with van der Waals surface area (Å²) in [7, 11) is 1.67. The predicted octanol–water partition coefficient (Wildman–Crippen LogP) is 3.87. The first kappa shape index (κ1) is 23.3. The first-order valence-corrected chi connectivity index (χ1v) is 10.9. The Labute approximate surface area is 188 Å². The third-order valence-corrected chi connectivity index (χ3v) is 5.87. The number of carboxylic acid groups (broad SMARTS) is 1. The molecule has 1 unspecified atom stereocenters. The molecule has 0 radical (unpaired) electrons. The van der Waals surface area contributed by atoms with E-state index in [0.29, 0.717) is 25.9 Å². The fourth-order valence-electron chi connectivity index (χ4n) is 4.12. The van der Waals surface area contributed by atoms with Gasteiger partial charge in [0.15, 0.2) is 0 Å². The first-order valence-electron chi connectivity index (χ1n) is 10.9. The molecule has 1 aliphatic carbocycles. The van der Waals surface area contributed by atoms with Gasteiger partial charge in [-0.1, -0.05) is 55.5 Å². The Morgan fingerprint density at radius 1 is 1.06 bits per heavy atom. The average molecular weight is 439 g/mol. The lowest BCUT2D eigenvalue weighted by atomic mass is 9.98. The molecule has 0 fully saturated rings. The fourth-order valence-corrected chi connectivity index (χ4v) is 4.12. The van der Waals surface area contributed by atoms with Crippen LogP contribution in [0.5, 0.6) is 0 Å². The molecule has 0 aromatic heterocycles. The highest BCUT2D eigenvalue weighted by molar-refractivity contribution is 5.79. The van der Waals surface area contributed by atoms with E-state index in [4.69, 9.17) is 9.84 Å². The Kier molecular flexibility index (Phi) is 7.87. The highest BCUT2D eigenvalue weighted by Crippen LogP contribution is 2.44. The summed E-state index contributed by atoms with van der Waals surface area (Å²) in [6.45, 7) is 2.78. The summed E-state index contributed by atoms with van der Waals surface area (Å²) < 4.78 is 5.50. The van der Waals surface area contributed by atoms with Crippen LogP contribution >= 0.6 is 0 Å². The van der Waals surface area contributed by atoms with Crippen LogP contribution in [0.4, 0.5) is 4.79 Å². The monoisotopic (exact) mass is 438 g/mol. The minimum Gasteiger partial charge on any atom is -0.481 e. The van der Waals surface area contributed by atoms with Crippen LogP contribution in [0.15, 0.2) is 48.5 Å². The van der Waals surface area contributed by atoms with Crippen molar-refractivity contribution in [2.24, 2.45) is 5.92 Å². The van der Waals surface area contributed by atoms with Gasteiger partial charge in [0.1, 0.15) is 6.61 Å². The van der Waals surface area contributed by atoms with Crippen molar-refractivity contribution in [1.29, 1.82) is 0 Å². The summed E-state index contributed by atoms with van der Waals surface area (Å²) >= 11 is 0. The average Bonchev–Trinajstić information content (AvgIpc) is 3.10. The predicted molar refractivity (Wildman–Crippen MR) is 121 cm³/mol. The van der Waals surface area contributed by atoms with Gasteiger partial charge >= 0.3 is 12.1 Å². The van der Waals surface area contributed by atoms with E-state index in [2.05, 4.69) is 29.6 Å². The Hall–Kier alpha value is -3.35. The SMILES string of the molecule is CC(CCNC(=O)OCC1c2ccccc2-c2ccccc21)C(=O)N(C)CCCC(=O)O. The maximum Gasteiger partial charge on any atom is 0.407 e. The van der Waals surface area contributed by atoms with E-state index >= 15 is 0 Å². The molecule has 0 spiro atoms. The van der Waals surface area contributed by atoms with Crippen molar-refractivity contribution < 1.29 is 24.2 Å². The molecule has 32 heavy (non-hydrogen) atoms. The lowest BCUT2D eigenvalue weighted by Crippen LogP contribution is -2.35. The minimum atomic E-state index is -0.869.